The minimum Gasteiger partial charge on any atom is -0.459 e. The molecule has 0 radical (unpaired) electrons. The van der Waals surface area contributed by atoms with Gasteiger partial charge < -0.3 is 14.8 Å². The van der Waals surface area contributed by atoms with E-state index in [0.29, 0.717) is 12.8 Å². The van der Waals surface area contributed by atoms with Gasteiger partial charge in [0.05, 0.1) is 6.04 Å². The van der Waals surface area contributed by atoms with Crippen molar-refractivity contribution >= 4 is 18.0 Å². The van der Waals surface area contributed by atoms with E-state index in [2.05, 4.69) is 18.5 Å². The van der Waals surface area contributed by atoms with Crippen molar-refractivity contribution in [3.63, 3.8) is 0 Å². The zero-order valence-electron chi connectivity index (χ0n) is 18.1. The average Bonchev–Trinajstić information content (AvgIpc) is 2.68. The lowest BCUT2D eigenvalue weighted by Crippen LogP contribution is -2.40. The predicted octanol–water partition coefficient (Wildman–Crippen LogP) is 3.78. The third kappa shape index (κ3) is 9.91. The highest BCUT2D eigenvalue weighted by atomic mass is 16.6. The van der Waals surface area contributed by atoms with E-state index in [1.54, 1.807) is 26.8 Å². The first-order valence-corrected chi connectivity index (χ1v) is 9.86. The smallest absolute Gasteiger partial charge is 0.410 e. The average molecular weight is 417 g/mol. The Kier molecular flexibility index (Phi) is 10.4. The second-order valence-electron chi connectivity index (χ2n) is 7.69. The maximum Gasteiger partial charge on any atom is 0.410 e. The van der Waals surface area contributed by atoms with Gasteiger partial charge >= 0.3 is 12.1 Å². The van der Waals surface area contributed by atoms with Crippen LogP contribution in [0.15, 0.2) is 55.6 Å². The van der Waals surface area contributed by atoms with E-state index >= 15 is 0 Å². The monoisotopic (exact) mass is 416 g/mol. The molecule has 1 aromatic carbocycles. The van der Waals surface area contributed by atoms with Gasteiger partial charge in [-0.15, -0.1) is 13.2 Å². The van der Waals surface area contributed by atoms with Gasteiger partial charge in [0.25, 0.3) is 0 Å². The molecule has 0 aromatic heterocycles. The minimum atomic E-state index is -0.693. The van der Waals surface area contributed by atoms with E-state index in [9.17, 15) is 14.4 Å². The molecule has 7 nitrogen and oxygen atoms in total. The van der Waals surface area contributed by atoms with Gasteiger partial charge in [0.2, 0.25) is 5.91 Å². The summed E-state index contributed by atoms with van der Waals surface area (Å²) in [4.78, 5) is 38.0. The fourth-order valence-corrected chi connectivity index (χ4v) is 2.54. The highest BCUT2D eigenvalue weighted by Crippen LogP contribution is 2.15. The molecule has 0 bridgehead atoms. The van der Waals surface area contributed by atoms with Gasteiger partial charge in [0.1, 0.15) is 18.8 Å². The van der Waals surface area contributed by atoms with E-state index in [-0.39, 0.29) is 25.6 Å². The maximum absolute atomic E-state index is 12.6. The first kappa shape index (κ1) is 24.9. The number of allylic oxidation sites excluding steroid dienone is 1. The Labute approximate surface area is 178 Å². The second kappa shape index (κ2) is 12.5. The fourth-order valence-electron chi connectivity index (χ4n) is 2.54. The molecule has 7 heteroatoms. The largest absolute Gasteiger partial charge is 0.459 e. The Morgan fingerprint density at radius 1 is 1.13 bits per heavy atom. The number of hydrogen-bond donors (Lipinski definition) is 1. The Morgan fingerprint density at radius 2 is 1.80 bits per heavy atom. The van der Waals surface area contributed by atoms with Gasteiger partial charge in [0, 0.05) is 13.0 Å². The normalized spacial score (nSPS) is 11.7. The number of rotatable bonds is 11. The number of carbonyl (C=O) groups is 3. The molecule has 1 rings (SSSR count). The molecule has 2 amide bonds. The van der Waals surface area contributed by atoms with Crippen LogP contribution in [0.25, 0.3) is 0 Å². The molecule has 0 spiro atoms. The molecule has 0 fully saturated rings. The van der Waals surface area contributed by atoms with Gasteiger partial charge in [-0.3, -0.25) is 14.5 Å². The van der Waals surface area contributed by atoms with Gasteiger partial charge in [0.15, 0.2) is 0 Å². The third-order valence-electron chi connectivity index (χ3n) is 3.83. The number of carbonyl (C=O) groups excluding carboxylic acids is 3. The van der Waals surface area contributed by atoms with Crippen LogP contribution in [0.3, 0.4) is 0 Å². The van der Waals surface area contributed by atoms with Crippen LogP contribution in [0.1, 0.15) is 45.2 Å². The second-order valence-corrected chi connectivity index (χ2v) is 7.69. The highest BCUT2D eigenvalue weighted by Gasteiger charge is 2.24. The van der Waals surface area contributed by atoms with Crippen LogP contribution in [-0.4, -0.2) is 48.2 Å². The van der Waals surface area contributed by atoms with E-state index in [1.165, 1.54) is 11.0 Å². The number of amides is 2. The SMILES string of the molecule is C=CCCC(=O)NC(COC(=O)N(CC=C)CC(=O)OC(C)(C)C)c1ccccc1. The molecule has 0 saturated heterocycles. The zero-order valence-corrected chi connectivity index (χ0v) is 18.1. The zero-order chi connectivity index (χ0) is 22.6. The van der Waals surface area contributed by atoms with E-state index in [4.69, 9.17) is 9.47 Å². The van der Waals surface area contributed by atoms with Crippen LogP contribution in [0.5, 0.6) is 0 Å². The van der Waals surface area contributed by atoms with Crippen LogP contribution in [0.4, 0.5) is 4.79 Å². The number of nitrogens with one attached hydrogen (secondary N) is 1. The van der Waals surface area contributed by atoms with Crippen molar-refractivity contribution in [1.29, 1.82) is 0 Å². The van der Waals surface area contributed by atoms with Gasteiger partial charge in [-0.1, -0.05) is 42.5 Å². The summed E-state index contributed by atoms with van der Waals surface area (Å²) in [6.07, 6.45) is 3.32. The summed E-state index contributed by atoms with van der Waals surface area (Å²) in [5.41, 5.74) is 0.147. The van der Waals surface area contributed by atoms with Crippen LogP contribution < -0.4 is 5.32 Å². The molecule has 1 aromatic rings. The summed E-state index contributed by atoms with van der Waals surface area (Å²) in [7, 11) is 0. The van der Waals surface area contributed by atoms with Gasteiger partial charge in [-0.25, -0.2) is 4.79 Å². The molecule has 0 heterocycles. The van der Waals surface area contributed by atoms with Crippen molar-refractivity contribution in [3.8, 4) is 0 Å². The van der Waals surface area contributed by atoms with Crippen molar-refractivity contribution in [2.75, 3.05) is 19.7 Å². The van der Waals surface area contributed by atoms with Gasteiger partial charge in [-0.05, 0) is 32.8 Å². The molecule has 0 aliphatic rings. The summed E-state index contributed by atoms with van der Waals surface area (Å²) in [6, 6.07) is 8.71. The molecule has 1 unspecified atom stereocenters. The standard InChI is InChI=1S/C23H32N2O5/c1-6-8-14-20(26)24-19(18-12-10-9-11-13-18)17-29-22(28)25(15-7-2)16-21(27)30-23(3,4)5/h6-7,9-13,19H,1-2,8,14-17H2,3-5H3,(H,24,26). The Hall–Kier alpha value is -3.09. The maximum atomic E-state index is 12.6. The van der Waals surface area contributed by atoms with Crippen LogP contribution in [-0.2, 0) is 19.1 Å². The predicted molar refractivity (Wildman–Crippen MR) is 116 cm³/mol. The summed E-state index contributed by atoms with van der Waals surface area (Å²) in [5, 5.41) is 2.87. The lowest BCUT2D eigenvalue weighted by molar-refractivity contribution is -0.155. The number of esters is 1. The quantitative estimate of drug-likeness (QED) is 0.438. The molecule has 164 valence electrons. The van der Waals surface area contributed by atoms with Crippen molar-refractivity contribution < 1.29 is 23.9 Å². The van der Waals surface area contributed by atoms with Crippen LogP contribution in [0.2, 0.25) is 0 Å². The van der Waals surface area contributed by atoms with E-state index in [0.717, 1.165) is 5.56 Å². The van der Waals surface area contributed by atoms with E-state index < -0.39 is 23.7 Å². The lowest BCUT2D eigenvalue weighted by Gasteiger charge is -2.25. The van der Waals surface area contributed by atoms with Crippen molar-refractivity contribution in [1.82, 2.24) is 10.2 Å². The molecule has 0 aliphatic heterocycles. The van der Waals surface area contributed by atoms with Gasteiger partial charge in [-0.2, -0.15) is 0 Å². The van der Waals surface area contributed by atoms with Crippen LogP contribution >= 0.6 is 0 Å². The topological polar surface area (TPSA) is 84.9 Å². The number of ether oxygens (including phenoxy) is 2. The number of nitrogens with zero attached hydrogens (tertiary/aromatic N) is 1. The lowest BCUT2D eigenvalue weighted by atomic mass is 10.1. The molecular weight excluding hydrogens is 384 g/mol. The fraction of sp³-hybridized carbons (Fsp3) is 0.435. The summed E-state index contributed by atoms with van der Waals surface area (Å²) >= 11 is 0. The molecule has 1 N–H and O–H groups in total. The molecular formula is C23H32N2O5. The van der Waals surface area contributed by atoms with E-state index in [1.807, 2.05) is 30.3 Å². The highest BCUT2D eigenvalue weighted by molar-refractivity contribution is 5.79. The molecule has 1 atom stereocenters. The summed E-state index contributed by atoms with van der Waals surface area (Å²) in [6.45, 7) is 12.3. The van der Waals surface area contributed by atoms with Crippen LogP contribution in [0, 0.1) is 0 Å². The number of benzene rings is 1. The molecule has 0 saturated carbocycles. The Bertz CT molecular complexity index is 725. The first-order chi connectivity index (χ1) is 14.2. The Morgan fingerprint density at radius 3 is 2.37 bits per heavy atom. The Balaban J connectivity index is 2.79. The molecule has 0 aliphatic carbocycles. The van der Waals surface area contributed by atoms with Crippen molar-refractivity contribution in [2.24, 2.45) is 0 Å². The summed E-state index contributed by atoms with van der Waals surface area (Å²) in [5.74, 6) is -0.713. The molecule has 30 heavy (non-hydrogen) atoms. The van der Waals surface area contributed by atoms with Crippen molar-refractivity contribution in [3.05, 3.63) is 61.2 Å². The first-order valence-electron chi connectivity index (χ1n) is 9.86. The minimum absolute atomic E-state index is 0.0787. The van der Waals surface area contributed by atoms with Crippen molar-refractivity contribution in [2.45, 2.75) is 45.3 Å². The summed E-state index contributed by atoms with van der Waals surface area (Å²) < 4.78 is 10.7. The number of hydrogen-bond acceptors (Lipinski definition) is 5. The third-order valence-corrected chi connectivity index (χ3v) is 3.83.